The highest BCUT2D eigenvalue weighted by Gasteiger charge is 2.21. The third kappa shape index (κ3) is 2.26. The number of nitrogens with two attached hydrogens (primary N) is 1. The van der Waals surface area contributed by atoms with Crippen molar-refractivity contribution < 1.29 is 14.3 Å². The van der Waals surface area contributed by atoms with Crippen molar-refractivity contribution in [2.24, 2.45) is 5.73 Å². The van der Waals surface area contributed by atoms with Crippen LogP contribution in [0.15, 0.2) is 22.6 Å². The van der Waals surface area contributed by atoms with Gasteiger partial charge in [-0.25, -0.2) is 0 Å². The first-order chi connectivity index (χ1) is 9.13. The predicted octanol–water partition coefficient (Wildman–Crippen LogP) is 0.888. The largest absolute Gasteiger partial charge is 0.423 e. The molecule has 0 bridgehead atoms. The van der Waals surface area contributed by atoms with Crippen molar-refractivity contribution in [2.75, 3.05) is 18.0 Å². The van der Waals surface area contributed by atoms with Crippen LogP contribution in [0, 0.1) is 0 Å². The maximum atomic E-state index is 11.1. The Bertz CT molecular complexity index is 615. The van der Waals surface area contributed by atoms with E-state index in [4.69, 9.17) is 10.2 Å². The fourth-order valence-electron chi connectivity index (χ4n) is 2.26. The zero-order chi connectivity index (χ0) is 13.4. The molecule has 2 aromatic rings. The Morgan fingerprint density at radius 1 is 1.42 bits per heavy atom. The first kappa shape index (κ1) is 12.0. The van der Waals surface area contributed by atoms with E-state index in [9.17, 15) is 9.90 Å². The van der Waals surface area contributed by atoms with Gasteiger partial charge in [-0.3, -0.25) is 4.79 Å². The molecule has 100 valence electrons. The number of carbonyl (C=O) groups excluding carboxylic acids is 1. The number of carbonyl (C=O) groups is 1. The molecule has 0 spiro atoms. The minimum Gasteiger partial charge on any atom is -0.423 e. The summed E-state index contributed by atoms with van der Waals surface area (Å²) in [7, 11) is 0. The van der Waals surface area contributed by atoms with Crippen molar-refractivity contribution in [3.05, 3.63) is 23.8 Å². The van der Waals surface area contributed by atoms with Gasteiger partial charge in [-0.05, 0) is 31.0 Å². The van der Waals surface area contributed by atoms with Crippen LogP contribution in [-0.2, 0) is 0 Å². The molecule has 6 heteroatoms. The van der Waals surface area contributed by atoms with Gasteiger partial charge in [0.15, 0.2) is 5.58 Å². The standard InChI is InChI=1S/C13H15N3O3/c14-12(18)8-1-2-11-10(7-8)15-13(19-11)16-5-3-9(17)4-6-16/h1-2,7,9,17H,3-6H2,(H2,14,18). The van der Waals surface area contributed by atoms with Crippen molar-refractivity contribution in [3.63, 3.8) is 0 Å². The third-order valence-electron chi connectivity index (χ3n) is 3.40. The van der Waals surface area contributed by atoms with Crippen LogP contribution in [0.1, 0.15) is 23.2 Å². The average molecular weight is 261 g/mol. The van der Waals surface area contributed by atoms with E-state index in [0.717, 1.165) is 13.1 Å². The van der Waals surface area contributed by atoms with Crippen molar-refractivity contribution >= 4 is 23.0 Å². The maximum Gasteiger partial charge on any atom is 0.298 e. The van der Waals surface area contributed by atoms with Crippen LogP contribution in [0.3, 0.4) is 0 Å². The maximum absolute atomic E-state index is 11.1. The summed E-state index contributed by atoms with van der Waals surface area (Å²) in [5.74, 6) is -0.479. The SMILES string of the molecule is NC(=O)c1ccc2oc(N3CCC(O)CC3)nc2c1. The van der Waals surface area contributed by atoms with E-state index in [1.807, 2.05) is 4.90 Å². The normalized spacial score (nSPS) is 17.0. The zero-order valence-electron chi connectivity index (χ0n) is 10.4. The van der Waals surface area contributed by atoms with Crippen molar-refractivity contribution in [3.8, 4) is 0 Å². The summed E-state index contributed by atoms with van der Waals surface area (Å²) in [6, 6.07) is 5.48. The number of hydrogen-bond donors (Lipinski definition) is 2. The second-order valence-corrected chi connectivity index (χ2v) is 4.76. The number of amides is 1. The molecule has 2 heterocycles. The summed E-state index contributed by atoms with van der Waals surface area (Å²) in [4.78, 5) is 17.5. The molecular formula is C13H15N3O3. The number of aromatic nitrogens is 1. The van der Waals surface area contributed by atoms with Gasteiger partial charge in [-0.15, -0.1) is 0 Å². The third-order valence-corrected chi connectivity index (χ3v) is 3.40. The molecule has 1 saturated heterocycles. The van der Waals surface area contributed by atoms with E-state index in [0.29, 0.717) is 35.5 Å². The van der Waals surface area contributed by atoms with E-state index in [-0.39, 0.29) is 6.10 Å². The van der Waals surface area contributed by atoms with Gasteiger partial charge >= 0.3 is 0 Å². The molecule has 1 amide bonds. The van der Waals surface area contributed by atoms with Gasteiger partial charge in [0.1, 0.15) is 5.52 Å². The topological polar surface area (TPSA) is 92.6 Å². The number of piperidine rings is 1. The molecular weight excluding hydrogens is 246 g/mol. The Morgan fingerprint density at radius 2 is 2.16 bits per heavy atom. The lowest BCUT2D eigenvalue weighted by molar-refractivity contribution is 0.100. The molecule has 19 heavy (non-hydrogen) atoms. The summed E-state index contributed by atoms with van der Waals surface area (Å²) in [6.45, 7) is 1.44. The van der Waals surface area contributed by atoms with E-state index in [1.54, 1.807) is 18.2 Å². The fraction of sp³-hybridized carbons (Fsp3) is 0.385. The lowest BCUT2D eigenvalue weighted by Gasteiger charge is -2.27. The molecule has 0 unspecified atom stereocenters. The number of anilines is 1. The molecule has 0 saturated carbocycles. The number of primary amides is 1. The van der Waals surface area contributed by atoms with Crippen LogP contribution in [0.25, 0.3) is 11.1 Å². The highest BCUT2D eigenvalue weighted by molar-refractivity contribution is 5.96. The van der Waals surface area contributed by atoms with Crippen LogP contribution >= 0.6 is 0 Å². The van der Waals surface area contributed by atoms with Gasteiger partial charge in [-0.2, -0.15) is 4.98 Å². The van der Waals surface area contributed by atoms with Crippen LogP contribution < -0.4 is 10.6 Å². The van der Waals surface area contributed by atoms with Gasteiger partial charge < -0.3 is 20.2 Å². The van der Waals surface area contributed by atoms with Gasteiger partial charge in [0.25, 0.3) is 6.01 Å². The van der Waals surface area contributed by atoms with Crippen molar-refractivity contribution in [2.45, 2.75) is 18.9 Å². The Labute approximate surface area is 109 Å². The molecule has 3 N–H and O–H groups in total. The second-order valence-electron chi connectivity index (χ2n) is 4.76. The van der Waals surface area contributed by atoms with E-state index in [2.05, 4.69) is 4.98 Å². The fourth-order valence-corrected chi connectivity index (χ4v) is 2.26. The van der Waals surface area contributed by atoms with Gasteiger partial charge in [0, 0.05) is 18.7 Å². The molecule has 3 rings (SSSR count). The summed E-state index contributed by atoms with van der Waals surface area (Å²) >= 11 is 0. The highest BCUT2D eigenvalue weighted by Crippen LogP contribution is 2.25. The average Bonchev–Trinajstić information content (AvgIpc) is 2.82. The predicted molar refractivity (Wildman–Crippen MR) is 70.0 cm³/mol. The smallest absolute Gasteiger partial charge is 0.298 e. The number of aliphatic hydroxyl groups excluding tert-OH is 1. The molecule has 1 aromatic carbocycles. The van der Waals surface area contributed by atoms with Gasteiger partial charge in [0.05, 0.1) is 6.10 Å². The summed E-state index contributed by atoms with van der Waals surface area (Å²) in [5.41, 5.74) is 6.91. The molecule has 0 aliphatic carbocycles. The minimum absolute atomic E-state index is 0.234. The summed E-state index contributed by atoms with van der Waals surface area (Å²) in [5, 5.41) is 9.48. The number of rotatable bonds is 2. The molecule has 0 atom stereocenters. The van der Waals surface area contributed by atoms with Gasteiger partial charge in [-0.1, -0.05) is 0 Å². The molecule has 6 nitrogen and oxygen atoms in total. The van der Waals surface area contributed by atoms with Gasteiger partial charge in [0.2, 0.25) is 5.91 Å². The molecule has 0 radical (unpaired) electrons. The van der Waals surface area contributed by atoms with Crippen molar-refractivity contribution in [1.29, 1.82) is 0 Å². The quantitative estimate of drug-likeness (QED) is 0.837. The number of aliphatic hydroxyl groups is 1. The summed E-state index contributed by atoms with van der Waals surface area (Å²) in [6.07, 6.45) is 1.19. The number of hydrogen-bond acceptors (Lipinski definition) is 5. The Kier molecular flexibility index (Phi) is 2.87. The van der Waals surface area contributed by atoms with Crippen LogP contribution in [0.5, 0.6) is 0 Å². The second kappa shape index (κ2) is 4.55. The molecule has 1 aromatic heterocycles. The Balaban J connectivity index is 1.91. The first-order valence-corrected chi connectivity index (χ1v) is 6.27. The lowest BCUT2D eigenvalue weighted by atomic mass is 10.1. The van der Waals surface area contributed by atoms with Crippen LogP contribution in [0.2, 0.25) is 0 Å². The lowest BCUT2D eigenvalue weighted by Crippen LogP contribution is -2.35. The van der Waals surface area contributed by atoms with Crippen molar-refractivity contribution in [1.82, 2.24) is 4.98 Å². The Hall–Kier alpha value is -2.08. The molecule has 1 aliphatic heterocycles. The Morgan fingerprint density at radius 3 is 2.84 bits per heavy atom. The van der Waals surface area contributed by atoms with E-state index < -0.39 is 5.91 Å². The highest BCUT2D eigenvalue weighted by atomic mass is 16.4. The summed E-state index contributed by atoms with van der Waals surface area (Å²) < 4.78 is 5.66. The number of fused-ring (bicyclic) bond motifs is 1. The number of oxazole rings is 1. The van der Waals surface area contributed by atoms with Crippen LogP contribution in [-0.4, -0.2) is 35.2 Å². The van der Waals surface area contributed by atoms with E-state index in [1.165, 1.54) is 0 Å². The minimum atomic E-state index is -0.479. The molecule has 1 aliphatic rings. The number of benzene rings is 1. The van der Waals surface area contributed by atoms with Crippen LogP contribution in [0.4, 0.5) is 6.01 Å². The molecule has 1 fully saturated rings. The first-order valence-electron chi connectivity index (χ1n) is 6.27. The zero-order valence-corrected chi connectivity index (χ0v) is 10.4. The number of nitrogens with zero attached hydrogens (tertiary/aromatic N) is 2. The van der Waals surface area contributed by atoms with E-state index >= 15 is 0 Å². The monoisotopic (exact) mass is 261 g/mol.